The van der Waals surface area contributed by atoms with Crippen molar-refractivity contribution in [3.63, 3.8) is 0 Å². The maximum Gasteiger partial charge on any atom is 0.308 e. The number of carboxylic acids is 1. The normalized spacial score (nSPS) is 24.5. The summed E-state index contributed by atoms with van der Waals surface area (Å²) in [6.07, 6.45) is 3.41. The van der Waals surface area contributed by atoms with Gasteiger partial charge in [0.1, 0.15) is 0 Å². The van der Waals surface area contributed by atoms with E-state index in [1.165, 1.54) is 22.3 Å². The zero-order valence-electron chi connectivity index (χ0n) is 17.8. The lowest BCUT2D eigenvalue weighted by Gasteiger charge is -2.23. The van der Waals surface area contributed by atoms with Crippen LogP contribution in [0.15, 0.2) is 12.1 Å². The molecule has 0 saturated carbocycles. The van der Waals surface area contributed by atoms with Crippen molar-refractivity contribution in [1.82, 2.24) is 10.2 Å². The van der Waals surface area contributed by atoms with E-state index in [4.69, 9.17) is 0 Å². The van der Waals surface area contributed by atoms with Gasteiger partial charge < -0.3 is 10.4 Å². The van der Waals surface area contributed by atoms with Gasteiger partial charge in [-0.15, -0.1) is 0 Å². The predicted octanol–water partition coefficient (Wildman–Crippen LogP) is 3.20. The minimum absolute atomic E-state index is 0.00422. The SMILES string of the molecule is Cc1cc(C(C)(C)C)cc(C)c1CCNC(=O)CN1C2CCC1C(C(=O)O)C2. The van der Waals surface area contributed by atoms with E-state index < -0.39 is 5.97 Å². The fourth-order valence-electron chi connectivity index (χ4n) is 4.98. The van der Waals surface area contributed by atoms with Gasteiger partial charge in [-0.25, -0.2) is 0 Å². The molecule has 1 aromatic carbocycles. The van der Waals surface area contributed by atoms with Crippen molar-refractivity contribution in [3.05, 3.63) is 34.4 Å². The van der Waals surface area contributed by atoms with Gasteiger partial charge in [-0.3, -0.25) is 14.5 Å². The molecule has 2 aliphatic heterocycles. The number of amides is 1. The minimum Gasteiger partial charge on any atom is -0.481 e. The Morgan fingerprint density at radius 2 is 1.82 bits per heavy atom. The number of aryl methyl sites for hydroxylation is 2. The molecule has 2 heterocycles. The van der Waals surface area contributed by atoms with E-state index in [0.717, 1.165) is 19.3 Å². The smallest absolute Gasteiger partial charge is 0.308 e. The highest BCUT2D eigenvalue weighted by Gasteiger charge is 2.49. The summed E-state index contributed by atoms with van der Waals surface area (Å²) in [4.78, 5) is 25.9. The van der Waals surface area contributed by atoms with Crippen LogP contribution in [0.3, 0.4) is 0 Å². The van der Waals surface area contributed by atoms with Crippen LogP contribution < -0.4 is 5.32 Å². The third-order valence-electron chi connectivity index (χ3n) is 6.58. The molecule has 3 unspecified atom stereocenters. The van der Waals surface area contributed by atoms with Crippen LogP contribution in [0.4, 0.5) is 0 Å². The molecule has 1 amide bonds. The number of aliphatic carboxylic acids is 1. The Bertz CT molecular complexity index is 743. The van der Waals surface area contributed by atoms with E-state index in [-0.39, 0.29) is 29.3 Å². The maximum atomic E-state index is 12.4. The van der Waals surface area contributed by atoms with Crippen molar-refractivity contribution in [1.29, 1.82) is 0 Å². The lowest BCUT2D eigenvalue weighted by Crippen LogP contribution is -2.41. The second-order valence-corrected chi connectivity index (χ2v) is 9.59. The summed E-state index contributed by atoms with van der Waals surface area (Å²) in [6, 6.07) is 4.81. The van der Waals surface area contributed by atoms with Gasteiger partial charge in [0.25, 0.3) is 0 Å². The van der Waals surface area contributed by atoms with E-state index in [9.17, 15) is 14.7 Å². The molecule has 0 spiro atoms. The van der Waals surface area contributed by atoms with Crippen molar-refractivity contribution in [2.45, 2.75) is 77.8 Å². The zero-order valence-corrected chi connectivity index (χ0v) is 17.8. The molecule has 3 atom stereocenters. The Morgan fingerprint density at radius 1 is 1.18 bits per heavy atom. The first-order valence-corrected chi connectivity index (χ1v) is 10.4. The van der Waals surface area contributed by atoms with E-state index in [1.807, 2.05) is 0 Å². The minimum atomic E-state index is -0.720. The molecule has 5 nitrogen and oxygen atoms in total. The van der Waals surface area contributed by atoms with Gasteiger partial charge in [-0.1, -0.05) is 32.9 Å². The lowest BCUT2D eigenvalue weighted by molar-refractivity contribution is -0.143. The Morgan fingerprint density at radius 3 is 2.36 bits per heavy atom. The fourth-order valence-corrected chi connectivity index (χ4v) is 4.98. The largest absolute Gasteiger partial charge is 0.481 e. The third-order valence-corrected chi connectivity index (χ3v) is 6.58. The number of carboxylic acid groups (broad SMARTS) is 1. The van der Waals surface area contributed by atoms with E-state index in [2.05, 4.69) is 57.0 Å². The monoisotopic (exact) mass is 386 g/mol. The van der Waals surface area contributed by atoms with Crippen LogP contribution in [0.1, 0.15) is 62.3 Å². The van der Waals surface area contributed by atoms with Crippen molar-refractivity contribution in [2.24, 2.45) is 5.92 Å². The highest BCUT2D eigenvalue weighted by atomic mass is 16.4. The maximum absolute atomic E-state index is 12.4. The van der Waals surface area contributed by atoms with E-state index >= 15 is 0 Å². The molecule has 2 saturated heterocycles. The summed E-state index contributed by atoms with van der Waals surface area (Å²) >= 11 is 0. The molecular formula is C23H34N2O3. The summed E-state index contributed by atoms with van der Waals surface area (Å²) in [6.45, 7) is 11.9. The standard InChI is InChI=1S/C23H34N2O3/c1-14-10-16(23(3,4)5)11-15(2)18(14)8-9-24-21(26)13-25-17-6-7-20(25)19(12-17)22(27)28/h10-11,17,19-20H,6-9,12-13H2,1-5H3,(H,24,26)(H,27,28). The number of benzene rings is 1. The van der Waals surface area contributed by atoms with E-state index in [0.29, 0.717) is 19.5 Å². The van der Waals surface area contributed by atoms with Crippen LogP contribution in [-0.4, -0.2) is 47.1 Å². The number of hydrogen-bond donors (Lipinski definition) is 2. The van der Waals surface area contributed by atoms with Crippen LogP contribution >= 0.6 is 0 Å². The lowest BCUT2D eigenvalue weighted by atomic mass is 9.83. The van der Waals surface area contributed by atoms with Crippen LogP contribution in [0, 0.1) is 19.8 Å². The molecular weight excluding hydrogens is 352 g/mol. The number of carbonyl (C=O) groups excluding carboxylic acids is 1. The number of nitrogens with one attached hydrogen (secondary N) is 1. The Balaban J connectivity index is 1.53. The molecule has 2 fully saturated rings. The Kier molecular flexibility index (Phi) is 5.85. The summed E-state index contributed by atoms with van der Waals surface area (Å²) in [5.41, 5.74) is 5.33. The van der Waals surface area contributed by atoms with Crippen LogP contribution in [0.2, 0.25) is 0 Å². The number of rotatable bonds is 6. The van der Waals surface area contributed by atoms with Gasteiger partial charge in [0.15, 0.2) is 0 Å². The first-order chi connectivity index (χ1) is 13.1. The molecule has 1 aromatic rings. The quantitative estimate of drug-likeness (QED) is 0.788. The van der Waals surface area contributed by atoms with Gasteiger partial charge in [-0.2, -0.15) is 0 Å². The van der Waals surface area contributed by atoms with E-state index in [1.54, 1.807) is 0 Å². The highest BCUT2D eigenvalue weighted by molar-refractivity contribution is 5.78. The van der Waals surface area contributed by atoms with Gasteiger partial charge in [0, 0.05) is 18.6 Å². The third kappa shape index (κ3) is 4.24. The Hall–Kier alpha value is -1.88. The van der Waals surface area contributed by atoms with Crippen molar-refractivity contribution < 1.29 is 14.7 Å². The first kappa shape index (κ1) is 20.8. The summed E-state index contributed by atoms with van der Waals surface area (Å²) in [5, 5.41) is 12.4. The number of nitrogens with zero attached hydrogens (tertiary/aromatic N) is 1. The second kappa shape index (κ2) is 7.86. The number of fused-ring (bicyclic) bond motifs is 2. The molecule has 154 valence electrons. The predicted molar refractivity (Wildman–Crippen MR) is 111 cm³/mol. The summed E-state index contributed by atoms with van der Waals surface area (Å²) in [7, 11) is 0. The number of carbonyl (C=O) groups is 2. The van der Waals surface area contributed by atoms with Crippen molar-refractivity contribution >= 4 is 11.9 Å². The van der Waals surface area contributed by atoms with Crippen molar-refractivity contribution in [2.75, 3.05) is 13.1 Å². The molecule has 3 rings (SSSR count). The summed E-state index contributed by atoms with van der Waals surface area (Å²) < 4.78 is 0. The van der Waals surface area contributed by atoms with Gasteiger partial charge >= 0.3 is 5.97 Å². The second-order valence-electron chi connectivity index (χ2n) is 9.59. The molecule has 28 heavy (non-hydrogen) atoms. The highest BCUT2D eigenvalue weighted by Crippen LogP contribution is 2.41. The summed E-state index contributed by atoms with van der Waals surface area (Å²) in [5.74, 6) is -1.02. The van der Waals surface area contributed by atoms with Crippen LogP contribution in [0.5, 0.6) is 0 Å². The van der Waals surface area contributed by atoms with Gasteiger partial charge in [0.05, 0.1) is 12.5 Å². The number of hydrogen-bond acceptors (Lipinski definition) is 3. The molecule has 0 radical (unpaired) electrons. The topological polar surface area (TPSA) is 69.6 Å². The molecule has 2 bridgehead atoms. The average molecular weight is 387 g/mol. The molecule has 2 aliphatic rings. The van der Waals surface area contributed by atoms with Gasteiger partial charge in [0.2, 0.25) is 5.91 Å². The molecule has 5 heteroatoms. The van der Waals surface area contributed by atoms with Crippen LogP contribution in [-0.2, 0) is 21.4 Å². The van der Waals surface area contributed by atoms with Crippen molar-refractivity contribution in [3.8, 4) is 0 Å². The van der Waals surface area contributed by atoms with Gasteiger partial charge in [-0.05, 0) is 67.2 Å². The zero-order chi connectivity index (χ0) is 20.6. The molecule has 0 aromatic heterocycles. The molecule has 0 aliphatic carbocycles. The molecule has 2 N–H and O–H groups in total. The fraction of sp³-hybridized carbons (Fsp3) is 0.652. The average Bonchev–Trinajstić information content (AvgIpc) is 3.13. The Labute approximate surface area is 168 Å². The van der Waals surface area contributed by atoms with Crippen LogP contribution in [0.25, 0.3) is 0 Å². The first-order valence-electron chi connectivity index (χ1n) is 10.4.